The van der Waals surface area contributed by atoms with Gasteiger partial charge in [0.2, 0.25) is 11.8 Å². The van der Waals surface area contributed by atoms with Crippen LogP contribution in [0, 0.1) is 5.92 Å². The van der Waals surface area contributed by atoms with Crippen molar-refractivity contribution in [2.75, 3.05) is 19.7 Å². The van der Waals surface area contributed by atoms with Crippen molar-refractivity contribution < 1.29 is 28.7 Å². The van der Waals surface area contributed by atoms with E-state index in [1.165, 1.54) is 4.90 Å². The van der Waals surface area contributed by atoms with Crippen molar-refractivity contribution >= 4 is 23.7 Å². The number of hydrogen-bond donors (Lipinski definition) is 2. The van der Waals surface area contributed by atoms with E-state index in [-0.39, 0.29) is 43.7 Å². The van der Waals surface area contributed by atoms with Gasteiger partial charge < -0.3 is 20.1 Å². The number of rotatable bonds is 16. The predicted molar refractivity (Wildman–Crippen MR) is 183 cm³/mol. The van der Waals surface area contributed by atoms with Gasteiger partial charge in [-0.25, -0.2) is 4.79 Å². The van der Waals surface area contributed by atoms with E-state index in [0.29, 0.717) is 12.2 Å². The fraction of sp³-hybridized carbons (Fsp3) is 0.421. The highest BCUT2D eigenvalue weighted by atomic mass is 16.6. The van der Waals surface area contributed by atoms with Crippen LogP contribution < -0.4 is 15.4 Å². The highest BCUT2D eigenvalue weighted by molar-refractivity contribution is 5.94. The van der Waals surface area contributed by atoms with Gasteiger partial charge in [0, 0.05) is 13.0 Å². The lowest BCUT2D eigenvalue weighted by Gasteiger charge is -2.30. The summed E-state index contributed by atoms with van der Waals surface area (Å²) in [6.45, 7) is 10.9. The van der Waals surface area contributed by atoms with E-state index in [1.807, 2.05) is 99.6 Å². The average molecular weight is 644 g/mol. The lowest BCUT2D eigenvalue weighted by atomic mass is 9.99. The van der Waals surface area contributed by atoms with Crippen molar-refractivity contribution in [2.24, 2.45) is 5.92 Å². The number of carbonyl (C=O) groups is 4. The second kappa shape index (κ2) is 17.9. The van der Waals surface area contributed by atoms with Crippen LogP contribution in [0.1, 0.15) is 65.0 Å². The molecular weight excluding hydrogens is 594 g/mol. The van der Waals surface area contributed by atoms with Crippen molar-refractivity contribution in [3.8, 4) is 5.75 Å². The van der Waals surface area contributed by atoms with Gasteiger partial charge in [-0.2, -0.15) is 0 Å². The molecule has 0 aliphatic carbocycles. The second-order valence-electron chi connectivity index (χ2n) is 13.2. The summed E-state index contributed by atoms with van der Waals surface area (Å²) in [5.41, 5.74) is 1.08. The lowest BCUT2D eigenvalue weighted by molar-refractivity contribution is -0.132. The molecular formula is C38H49N3O6. The van der Waals surface area contributed by atoms with Crippen LogP contribution in [0.2, 0.25) is 0 Å². The molecule has 3 atom stereocenters. The Bertz CT molecular complexity index is 1420. The Hall–Kier alpha value is -4.66. The summed E-state index contributed by atoms with van der Waals surface area (Å²) in [7, 11) is 0. The fourth-order valence-corrected chi connectivity index (χ4v) is 5.01. The van der Waals surface area contributed by atoms with Gasteiger partial charge in [0.15, 0.2) is 5.78 Å². The van der Waals surface area contributed by atoms with Crippen LogP contribution in [0.4, 0.5) is 4.79 Å². The largest absolute Gasteiger partial charge is 0.486 e. The third kappa shape index (κ3) is 13.3. The third-order valence-electron chi connectivity index (χ3n) is 7.32. The lowest BCUT2D eigenvalue weighted by Crippen LogP contribution is -2.55. The zero-order chi connectivity index (χ0) is 34.4. The van der Waals surface area contributed by atoms with E-state index in [9.17, 15) is 19.2 Å². The maximum atomic E-state index is 13.8. The summed E-state index contributed by atoms with van der Waals surface area (Å²) in [4.78, 5) is 55.3. The first-order chi connectivity index (χ1) is 22.3. The molecule has 0 spiro atoms. The summed E-state index contributed by atoms with van der Waals surface area (Å²) < 4.78 is 11.3. The van der Waals surface area contributed by atoms with E-state index >= 15 is 0 Å². The zero-order valence-corrected chi connectivity index (χ0v) is 28.4. The molecule has 9 heteroatoms. The van der Waals surface area contributed by atoms with Gasteiger partial charge in [-0.1, -0.05) is 99.6 Å². The number of ketones is 1. The fourth-order valence-electron chi connectivity index (χ4n) is 5.01. The first kappa shape index (κ1) is 36.8. The van der Waals surface area contributed by atoms with E-state index in [0.717, 1.165) is 11.1 Å². The number of para-hydroxylation sites is 1. The number of ether oxygens (including phenoxy) is 2. The molecule has 0 aromatic heterocycles. The molecule has 0 saturated heterocycles. The Labute approximate surface area is 279 Å². The van der Waals surface area contributed by atoms with Gasteiger partial charge in [0.25, 0.3) is 0 Å². The van der Waals surface area contributed by atoms with Crippen LogP contribution >= 0.6 is 0 Å². The molecule has 252 valence electrons. The molecule has 3 rings (SSSR count). The molecule has 0 saturated carbocycles. The van der Waals surface area contributed by atoms with Gasteiger partial charge in [-0.15, -0.1) is 0 Å². The van der Waals surface area contributed by atoms with Gasteiger partial charge in [-0.3, -0.25) is 19.3 Å². The van der Waals surface area contributed by atoms with Crippen molar-refractivity contribution in [1.82, 2.24) is 15.5 Å². The van der Waals surface area contributed by atoms with Gasteiger partial charge in [-0.05, 0) is 62.3 Å². The Balaban J connectivity index is 1.78. The quantitative estimate of drug-likeness (QED) is 0.200. The van der Waals surface area contributed by atoms with Gasteiger partial charge >= 0.3 is 6.09 Å². The van der Waals surface area contributed by atoms with E-state index in [1.54, 1.807) is 32.9 Å². The monoisotopic (exact) mass is 643 g/mol. The summed E-state index contributed by atoms with van der Waals surface area (Å²) in [5, 5.41) is 5.72. The third-order valence-corrected chi connectivity index (χ3v) is 7.32. The summed E-state index contributed by atoms with van der Waals surface area (Å²) in [5.74, 6) is -0.709. The Kier molecular flexibility index (Phi) is 14.0. The topological polar surface area (TPSA) is 114 Å². The highest BCUT2D eigenvalue weighted by Crippen LogP contribution is 2.19. The second-order valence-corrected chi connectivity index (χ2v) is 13.2. The SMILES string of the molecule is CC(C)C[C@@H](NC(=O)[C@@H](Cc1ccccc1)NC(=O)CN(C[C@H](C)c1ccccc1)C(=O)OC(C)(C)C)C(=O)COc1ccccc1. The van der Waals surface area contributed by atoms with Crippen molar-refractivity contribution in [3.63, 3.8) is 0 Å². The molecule has 0 unspecified atom stereocenters. The van der Waals surface area contributed by atoms with Gasteiger partial charge in [0.1, 0.15) is 30.5 Å². The number of carbonyl (C=O) groups excluding carboxylic acids is 4. The maximum absolute atomic E-state index is 13.8. The summed E-state index contributed by atoms with van der Waals surface area (Å²) >= 11 is 0. The molecule has 3 aromatic rings. The molecule has 9 nitrogen and oxygen atoms in total. The summed E-state index contributed by atoms with van der Waals surface area (Å²) in [6, 6.07) is 26.2. The van der Waals surface area contributed by atoms with Crippen LogP contribution in [0.15, 0.2) is 91.0 Å². The Morgan fingerprint density at radius 1 is 0.766 bits per heavy atom. The molecule has 0 bridgehead atoms. The smallest absolute Gasteiger partial charge is 0.410 e. The van der Waals surface area contributed by atoms with Crippen molar-refractivity contribution in [1.29, 1.82) is 0 Å². The molecule has 0 aliphatic rings. The van der Waals surface area contributed by atoms with E-state index in [4.69, 9.17) is 9.47 Å². The minimum absolute atomic E-state index is 0.0826. The molecule has 47 heavy (non-hydrogen) atoms. The number of Topliss-reactive ketones (excluding diaryl/α,β-unsaturated/α-hetero) is 1. The first-order valence-corrected chi connectivity index (χ1v) is 16.2. The number of nitrogens with one attached hydrogen (secondary N) is 2. The standard InChI is InChI=1S/C38H49N3O6/c1-27(2)22-32(34(42)26-46-31-20-14-9-15-21-31)40-36(44)33(23-29-16-10-7-11-17-29)39-35(43)25-41(37(45)47-38(4,5)6)24-28(3)30-18-12-8-13-19-30/h7-21,27-28,32-33H,22-26H2,1-6H3,(H,39,43)(H,40,44)/t28-,32+,33+/m0/s1. The number of nitrogens with zero attached hydrogens (tertiary/aromatic N) is 1. The van der Waals surface area contributed by atoms with Crippen molar-refractivity contribution in [3.05, 3.63) is 102 Å². The molecule has 0 radical (unpaired) electrons. The molecule has 0 aliphatic heterocycles. The molecule has 3 aromatic carbocycles. The maximum Gasteiger partial charge on any atom is 0.410 e. The number of hydrogen-bond acceptors (Lipinski definition) is 6. The first-order valence-electron chi connectivity index (χ1n) is 16.2. The minimum atomic E-state index is -1.01. The Morgan fingerprint density at radius 3 is 1.91 bits per heavy atom. The van der Waals surface area contributed by atoms with Crippen LogP contribution in [-0.4, -0.2) is 66.0 Å². The molecule has 0 heterocycles. The molecule has 0 fully saturated rings. The average Bonchev–Trinajstić information content (AvgIpc) is 3.03. The normalized spacial score (nSPS) is 13.2. The number of benzene rings is 3. The van der Waals surface area contributed by atoms with E-state index in [2.05, 4.69) is 10.6 Å². The van der Waals surface area contributed by atoms with Crippen LogP contribution in [0.25, 0.3) is 0 Å². The number of amides is 3. The minimum Gasteiger partial charge on any atom is -0.486 e. The molecule has 2 N–H and O–H groups in total. The van der Waals surface area contributed by atoms with Crippen molar-refractivity contribution in [2.45, 2.75) is 78.0 Å². The zero-order valence-electron chi connectivity index (χ0n) is 28.4. The van der Waals surface area contributed by atoms with Crippen LogP contribution in [0.5, 0.6) is 5.75 Å². The molecule has 3 amide bonds. The summed E-state index contributed by atoms with van der Waals surface area (Å²) in [6.07, 6.45) is -0.0344. The van der Waals surface area contributed by atoms with Gasteiger partial charge in [0.05, 0.1) is 6.04 Å². The predicted octanol–water partition coefficient (Wildman–Crippen LogP) is 5.93. The van der Waals surface area contributed by atoms with E-state index < -0.39 is 35.6 Å². The van der Waals surface area contributed by atoms with Crippen LogP contribution in [0.3, 0.4) is 0 Å². The Morgan fingerprint density at radius 2 is 1.34 bits per heavy atom. The van der Waals surface area contributed by atoms with Crippen LogP contribution in [-0.2, 0) is 25.5 Å². The highest BCUT2D eigenvalue weighted by Gasteiger charge is 2.30.